The third-order valence-electron chi connectivity index (χ3n) is 3.02. The van der Waals surface area contributed by atoms with Gasteiger partial charge in [0.25, 0.3) is 0 Å². The smallest absolute Gasteiger partial charge is 0.133 e. The summed E-state index contributed by atoms with van der Waals surface area (Å²) in [5.41, 5.74) is 2.22. The lowest BCUT2D eigenvalue weighted by Crippen LogP contribution is -2.06. The number of benzene rings is 1. The minimum atomic E-state index is 0.205. The average molecular weight is 324 g/mol. The second kappa shape index (κ2) is 6.10. The van der Waals surface area contributed by atoms with Crippen molar-refractivity contribution in [2.75, 3.05) is 12.4 Å². The van der Waals surface area contributed by atoms with E-state index in [4.69, 9.17) is 4.74 Å². The molecule has 0 amide bonds. The van der Waals surface area contributed by atoms with Crippen molar-refractivity contribution < 1.29 is 4.74 Å². The van der Waals surface area contributed by atoms with E-state index in [1.54, 1.807) is 7.11 Å². The van der Waals surface area contributed by atoms with Crippen LogP contribution in [-0.4, -0.2) is 16.9 Å². The van der Waals surface area contributed by atoms with E-state index in [-0.39, 0.29) is 6.04 Å². The molecule has 0 aliphatic rings. The monoisotopic (exact) mass is 323 g/mol. The van der Waals surface area contributed by atoms with Crippen LogP contribution < -0.4 is 10.1 Å². The zero-order valence-corrected chi connectivity index (χ0v) is 12.9. The molecule has 1 N–H and O–H groups in total. The van der Waals surface area contributed by atoms with Crippen LogP contribution >= 0.6 is 15.9 Å². The molecule has 4 nitrogen and oxygen atoms in total. The van der Waals surface area contributed by atoms with E-state index in [0.29, 0.717) is 0 Å². The van der Waals surface area contributed by atoms with Crippen molar-refractivity contribution in [2.24, 2.45) is 0 Å². The van der Waals surface area contributed by atoms with Crippen LogP contribution in [0, 0.1) is 0 Å². The number of hydrogen-bond acceptors (Lipinski definition) is 3. The molecule has 0 spiro atoms. The summed E-state index contributed by atoms with van der Waals surface area (Å²) in [5, 5.41) is 7.68. The first-order chi connectivity index (χ1) is 9.13. The number of nitrogens with one attached hydrogen (secondary N) is 1. The van der Waals surface area contributed by atoms with E-state index in [1.165, 1.54) is 5.56 Å². The van der Waals surface area contributed by atoms with Crippen LogP contribution in [0.25, 0.3) is 0 Å². The van der Waals surface area contributed by atoms with E-state index in [9.17, 15) is 0 Å². The normalized spacial score (nSPS) is 12.2. The van der Waals surface area contributed by atoms with Crippen molar-refractivity contribution in [1.82, 2.24) is 9.78 Å². The standard InChI is InChI=1S/C14H18BrN3O/c1-4-18-9-12(8-16-18)17-10(2)11-5-6-14(19-3)13(15)7-11/h5-10,17H,4H2,1-3H3. The highest BCUT2D eigenvalue weighted by Crippen LogP contribution is 2.29. The molecular weight excluding hydrogens is 306 g/mol. The molecule has 0 saturated heterocycles. The Balaban J connectivity index is 2.10. The number of methoxy groups -OCH3 is 1. The van der Waals surface area contributed by atoms with E-state index in [1.807, 2.05) is 23.1 Å². The van der Waals surface area contributed by atoms with Gasteiger partial charge in [-0.1, -0.05) is 6.07 Å². The van der Waals surface area contributed by atoms with Crippen molar-refractivity contribution in [3.63, 3.8) is 0 Å². The molecule has 5 heteroatoms. The molecule has 1 heterocycles. The van der Waals surface area contributed by atoms with Gasteiger partial charge in [0.05, 0.1) is 23.5 Å². The van der Waals surface area contributed by atoms with E-state index < -0.39 is 0 Å². The molecule has 2 aromatic rings. The fraction of sp³-hybridized carbons (Fsp3) is 0.357. The highest BCUT2D eigenvalue weighted by Gasteiger charge is 2.09. The van der Waals surface area contributed by atoms with E-state index in [2.05, 4.69) is 52.3 Å². The first kappa shape index (κ1) is 13.9. The Morgan fingerprint density at radius 1 is 1.47 bits per heavy atom. The molecule has 2 rings (SSSR count). The predicted octanol–water partition coefficient (Wildman–Crippen LogP) is 3.85. The predicted molar refractivity (Wildman–Crippen MR) is 80.6 cm³/mol. The van der Waals surface area contributed by atoms with Gasteiger partial charge in [-0.15, -0.1) is 0 Å². The van der Waals surface area contributed by atoms with Gasteiger partial charge in [-0.3, -0.25) is 4.68 Å². The summed E-state index contributed by atoms with van der Waals surface area (Å²) in [6.07, 6.45) is 3.85. The van der Waals surface area contributed by atoms with Crippen LogP contribution in [0.1, 0.15) is 25.5 Å². The Morgan fingerprint density at radius 3 is 2.84 bits per heavy atom. The number of nitrogens with zero attached hydrogens (tertiary/aromatic N) is 2. The molecule has 0 aliphatic heterocycles. The Labute approximate surface area is 121 Å². The van der Waals surface area contributed by atoms with Crippen molar-refractivity contribution in [3.05, 3.63) is 40.6 Å². The summed E-state index contributed by atoms with van der Waals surface area (Å²) in [6, 6.07) is 6.30. The number of aryl methyl sites for hydroxylation is 1. The highest BCUT2D eigenvalue weighted by atomic mass is 79.9. The molecule has 1 atom stereocenters. The molecule has 0 saturated carbocycles. The first-order valence-electron chi connectivity index (χ1n) is 6.26. The summed E-state index contributed by atoms with van der Waals surface area (Å²) in [7, 11) is 1.67. The second-order valence-electron chi connectivity index (χ2n) is 4.34. The van der Waals surface area contributed by atoms with Crippen LogP contribution in [0.3, 0.4) is 0 Å². The minimum absolute atomic E-state index is 0.205. The maximum atomic E-state index is 5.24. The Kier molecular flexibility index (Phi) is 4.47. The van der Waals surface area contributed by atoms with Crippen LogP contribution in [0.15, 0.2) is 35.1 Å². The van der Waals surface area contributed by atoms with Gasteiger partial charge in [0, 0.05) is 18.8 Å². The van der Waals surface area contributed by atoms with Gasteiger partial charge < -0.3 is 10.1 Å². The van der Waals surface area contributed by atoms with Gasteiger partial charge in [0.1, 0.15) is 5.75 Å². The molecule has 102 valence electrons. The maximum Gasteiger partial charge on any atom is 0.133 e. The van der Waals surface area contributed by atoms with Crippen LogP contribution in [0.2, 0.25) is 0 Å². The third kappa shape index (κ3) is 3.29. The minimum Gasteiger partial charge on any atom is -0.496 e. The topological polar surface area (TPSA) is 39.1 Å². The Morgan fingerprint density at radius 2 is 2.26 bits per heavy atom. The molecule has 19 heavy (non-hydrogen) atoms. The van der Waals surface area contributed by atoms with Crippen molar-refractivity contribution in [3.8, 4) is 5.75 Å². The third-order valence-corrected chi connectivity index (χ3v) is 3.64. The molecule has 1 aromatic heterocycles. The number of ether oxygens (including phenoxy) is 1. The summed E-state index contributed by atoms with van der Waals surface area (Å²) >= 11 is 3.51. The zero-order chi connectivity index (χ0) is 13.8. The summed E-state index contributed by atoms with van der Waals surface area (Å²) in [4.78, 5) is 0. The molecule has 0 aliphatic carbocycles. The molecular formula is C14H18BrN3O. The number of rotatable bonds is 5. The van der Waals surface area contributed by atoms with Gasteiger partial charge in [-0.2, -0.15) is 5.10 Å². The number of anilines is 1. The fourth-order valence-corrected chi connectivity index (χ4v) is 2.45. The van der Waals surface area contributed by atoms with Crippen molar-refractivity contribution >= 4 is 21.6 Å². The SMILES string of the molecule is CCn1cc(NC(C)c2ccc(OC)c(Br)c2)cn1. The molecule has 0 fully saturated rings. The number of halogens is 1. The molecule has 0 bridgehead atoms. The summed E-state index contributed by atoms with van der Waals surface area (Å²) in [5.74, 6) is 0.842. The highest BCUT2D eigenvalue weighted by molar-refractivity contribution is 9.10. The van der Waals surface area contributed by atoms with E-state index in [0.717, 1.165) is 22.5 Å². The van der Waals surface area contributed by atoms with Gasteiger partial charge in [-0.25, -0.2) is 0 Å². The molecule has 1 aromatic carbocycles. The van der Waals surface area contributed by atoms with Gasteiger partial charge in [0.15, 0.2) is 0 Å². The molecule has 0 radical (unpaired) electrons. The first-order valence-corrected chi connectivity index (χ1v) is 7.05. The van der Waals surface area contributed by atoms with Gasteiger partial charge in [0.2, 0.25) is 0 Å². The lowest BCUT2D eigenvalue weighted by molar-refractivity contribution is 0.412. The molecule has 1 unspecified atom stereocenters. The summed E-state index contributed by atoms with van der Waals surface area (Å²) < 4.78 is 8.10. The van der Waals surface area contributed by atoms with Crippen molar-refractivity contribution in [1.29, 1.82) is 0 Å². The lowest BCUT2D eigenvalue weighted by Gasteiger charge is -2.15. The second-order valence-corrected chi connectivity index (χ2v) is 5.20. The number of aromatic nitrogens is 2. The van der Waals surface area contributed by atoms with Gasteiger partial charge >= 0.3 is 0 Å². The average Bonchev–Trinajstić information content (AvgIpc) is 2.86. The summed E-state index contributed by atoms with van der Waals surface area (Å²) in [6.45, 7) is 5.07. The Bertz CT molecular complexity index is 553. The zero-order valence-electron chi connectivity index (χ0n) is 11.4. The van der Waals surface area contributed by atoms with E-state index >= 15 is 0 Å². The van der Waals surface area contributed by atoms with Crippen LogP contribution in [-0.2, 0) is 6.54 Å². The number of hydrogen-bond donors (Lipinski definition) is 1. The largest absolute Gasteiger partial charge is 0.496 e. The van der Waals surface area contributed by atoms with Gasteiger partial charge in [-0.05, 0) is 47.5 Å². The lowest BCUT2D eigenvalue weighted by atomic mass is 10.1. The maximum absolute atomic E-state index is 5.24. The van der Waals surface area contributed by atoms with Crippen molar-refractivity contribution in [2.45, 2.75) is 26.4 Å². The van der Waals surface area contributed by atoms with Crippen LogP contribution in [0.4, 0.5) is 5.69 Å². The fourth-order valence-electron chi connectivity index (χ4n) is 1.90. The quantitative estimate of drug-likeness (QED) is 0.908. The Hall–Kier alpha value is -1.49. The van der Waals surface area contributed by atoms with Crippen LogP contribution in [0.5, 0.6) is 5.75 Å².